The predicted molar refractivity (Wildman–Crippen MR) is 70.2 cm³/mol. The molecule has 0 saturated heterocycles. The van der Waals surface area contributed by atoms with Crippen molar-refractivity contribution in [2.75, 3.05) is 0 Å². The molecule has 0 amide bonds. The van der Waals surface area contributed by atoms with Crippen molar-refractivity contribution in [2.45, 2.75) is 38.3 Å². The molecule has 0 heterocycles. The molecule has 0 aliphatic heterocycles. The monoisotopic (exact) mass is 268 g/mol. The van der Waals surface area contributed by atoms with Crippen molar-refractivity contribution >= 4 is 5.96 Å². The first kappa shape index (κ1) is 13.7. The van der Waals surface area contributed by atoms with Crippen LogP contribution in [0.2, 0.25) is 0 Å². The summed E-state index contributed by atoms with van der Waals surface area (Å²) in [5.74, 6) is 4.16. The molecule has 104 valence electrons. The highest BCUT2D eigenvalue weighted by atomic mass is 19.2. The molecular weight excluding hydrogens is 250 g/mol. The molecule has 0 aromatic heterocycles. The Bertz CT molecular complexity index is 456. The second-order valence-electron chi connectivity index (χ2n) is 4.68. The van der Waals surface area contributed by atoms with Crippen molar-refractivity contribution in [3.05, 3.63) is 35.4 Å². The second kappa shape index (κ2) is 6.47. The third kappa shape index (κ3) is 3.89. The van der Waals surface area contributed by atoms with Gasteiger partial charge in [-0.25, -0.2) is 19.6 Å². The van der Waals surface area contributed by atoms with E-state index < -0.39 is 11.6 Å². The zero-order valence-corrected chi connectivity index (χ0v) is 10.6. The lowest BCUT2D eigenvalue weighted by molar-refractivity contribution is 0.507. The summed E-state index contributed by atoms with van der Waals surface area (Å²) < 4.78 is 25.8. The van der Waals surface area contributed by atoms with Crippen LogP contribution in [0.15, 0.2) is 23.2 Å². The van der Waals surface area contributed by atoms with Crippen LogP contribution in [0.4, 0.5) is 8.78 Å². The predicted octanol–water partition coefficient (Wildman–Crippen LogP) is 1.82. The number of hydrogen-bond acceptors (Lipinski definition) is 2. The van der Waals surface area contributed by atoms with E-state index in [4.69, 9.17) is 5.84 Å². The maximum Gasteiger partial charge on any atom is 0.206 e. The highest BCUT2D eigenvalue weighted by Crippen LogP contribution is 2.17. The standard InChI is InChI=1S/C13H18F2N4/c14-11-6-5-9(7-12(11)15)8-17-13(19-16)18-10-3-1-2-4-10/h5-7,10H,1-4,8,16H2,(H2,17,18,19). The molecule has 4 nitrogen and oxygen atoms in total. The molecule has 0 radical (unpaired) electrons. The summed E-state index contributed by atoms with van der Waals surface area (Å²) >= 11 is 0. The van der Waals surface area contributed by atoms with Gasteiger partial charge in [-0.1, -0.05) is 18.9 Å². The Hall–Kier alpha value is -1.69. The highest BCUT2D eigenvalue weighted by Gasteiger charge is 2.15. The Morgan fingerprint density at radius 3 is 2.63 bits per heavy atom. The van der Waals surface area contributed by atoms with Crippen LogP contribution in [-0.4, -0.2) is 12.0 Å². The molecule has 6 heteroatoms. The fourth-order valence-corrected chi connectivity index (χ4v) is 2.20. The Morgan fingerprint density at radius 2 is 2.00 bits per heavy atom. The van der Waals surface area contributed by atoms with Crippen LogP contribution in [-0.2, 0) is 6.54 Å². The number of hydrogen-bond donors (Lipinski definition) is 3. The van der Waals surface area contributed by atoms with Crippen LogP contribution < -0.4 is 16.6 Å². The van der Waals surface area contributed by atoms with Gasteiger partial charge in [-0.15, -0.1) is 0 Å². The molecule has 1 aromatic rings. The van der Waals surface area contributed by atoms with Gasteiger partial charge in [0.05, 0.1) is 6.54 Å². The molecule has 0 unspecified atom stereocenters. The van der Waals surface area contributed by atoms with E-state index in [1.165, 1.54) is 18.9 Å². The van der Waals surface area contributed by atoms with Crippen molar-refractivity contribution in [3.8, 4) is 0 Å². The fraction of sp³-hybridized carbons (Fsp3) is 0.462. The van der Waals surface area contributed by atoms with Gasteiger partial charge < -0.3 is 5.32 Å². The number of hydrazine groups is 1. The summed E-state index contributed by atoms with van der Waals surface area (Å²) in [4.78, 5) is 4.23. The maximum atomic E-state index is 13.0. The van der Waals surface area contributed by atoms with Crippen molar-refractivity contribution < 1.29 is 8.78 Å². The lowest BCUT2D eigenvalue weighted by Gasteiger charge is -2.14. The molecule has 1 aliphatic rings. The Kier molecular flexibility index (Phi) is 4.68. The van der Waals surface area contributed by atoms with Gasteiger partial charge in [-0.2, -0.15) is 0 Å². The number of halogens is 2. The van der Waals surface area contributed by atoms with Gasteiger partial charge >= 0.3 is 0 Å². The molecule has 1 saturated carbocycles. The number of aliphatic imine (C=N–C) groups is 1. The van der Waals surface area contributed by atoms with E-state index in [9.17, 15) is 8.78 Å². The fourth-order valence-electron chi connectivity index (χ4n) is 2.20. The molecule has 0 spiro atoms. The Balaban J connectivity index is 1.95. The largest absolute Gasteiger partial charge is 0.353 e. The van der Waals surface area contributed by atoms with E-state index in [1.54, 1.807) is 0 Å². The van der Waals surface area contributed by atoms with E-state index in [2.05, 4.69) is 15.7 Å². The summed E-state index contributed by atoms with van der Waals surface area (Å²) in [5.41, 5.74) is 3.09. The summed E-state index contributed by atoms with van der Waals surface area (Å²) in [6.45, 7) is 0.246. The van der Waals surface area contributed by atoms with E-state index >= 15 is 0 Å². The zero-order chi connectivity index (χ0) is 13.7. The number of rotatable bonds is 3. The van der Waals surface area contributed by atoms with Gasteiger partial charge in [0.25, 0.3) is 0 Å². The molecule has 1 fully saturated rings. The van der Waals surface area contributed by atoms with Gasteiger partial charge in [-0.05, 0) is 30.5 Å². The van der Waals surface area contributed by atoms with Crippen LogP contribution >= 0.6 is 0 Å². The Morgan fingerprint density at radius 1 is 1.26 bits per heavy atom. The molecule has 0 bridgehead atoms. The van der Waals surface area contributed by atoms with Crippen LogP contribution in [0.3, 0.4) is 0 Å². The molecular formula is C13H18F2N4. The zero-order valence-electron chi connectivity index (χ0n) is 10.6. The van der Waals surface area contributed by atoms with Crippen LogP contribution in [0.25, 0.3) is 0 Å². The molecule has 4 N–H and O–H groups in total. The third-order valence-electron chi connectivity index (χ3n) is 3.24. The molecule has 1 aliphatic carbocycles. The number of guanidine groups is 1. The van der Waals surface area contributed by atoms with E-state index in [-0.39, 0.29) is 6.54 Å². The average molecular weight is 268 g/mol. The minimum absolute atomic E-state index is 0.246. The average Bonchev–Trinajstić information content (AvgIpc) is 2.91. The summed E-state index contributed by atoms with van der Waals surface area (Å²) in [6.07, 6.45) is 4.62. The lowest BCUT2D eigenvalue weighted by Crippen LogP contribution is -2.45. The topological polar surface area (TPSA) is 62.4 Å². The lowest BCUT2D eigenvalue weighted by atomic mass is 10.2. The van der Waals surface area contributed by atoms with E-state index in [0.29, 0.717) is 17.6 Å². The minimum Gasteiger partial charge on any atom is -0.353 e. The van der Waals surface area contributed by atoms with Crippen LogP contribution in [0.5, 0.6) is 0 Å². The van der Waals surface area contributed by atoms with Crippen molar-refractivity contribution in [1.29, 1.82) is 0 Å². The number of benzene rings is 1. The summed E-state index contributed by atoms with van der Waals surface area (Å²) in [6, 6.07) is 4.13. The van der Waals surface area contributed by atoms with E-state index in [0.717, 1.165) is 25.0 Å². The van der Waals surface area contributed by atoms with Crippen molar-refractivity contribution in [3.63, 3.8) is 0 Å². The normalized spacial score (nSPS) is 16.7. The van der Waals surface area contributed by atoms with Gasteiger partial charge in [0.1, 0.15) is 0 Å². The van der Waals surface area contributed by atoms with Gasteiger partial charge in [0, 0.05) is 6.04 Å². The molecule has 1 aromatic carbocycles. The number of nitrogens with one attached hydrogen (secondary N) is 2. The first-order valence-corrected chi connectivity index (χ1v) is 6.40. The first-order chi connectivity index (χ1) is 9.19. The van der Waals surface area contributed by atoms with Gasteiger partial charge in [-0.3, -0.25) is 5.43 Å². The number of nitrogens with two attached hydrogens (primary N) is 1. The van der Waals surface area contributed by atoms with Crippen LogP contribution in [0, 0.1) is 11.6 Å². The highest BCUT2D eigenvalue weighted by molar-refractivity contribution is 5.79. The molecule has 19 heavy (non-hydrogen) atoms. The summed E-state index contributed by atoms with van der Waals surface area (Å²) in [7, 11) is 0. The maximum absolute atomic E-state index is 13.0. The first-order valence-electron chi connectivity index (χ1n) is 6.40. The van der Waals surface area contributed by atoms with Gasteiger partial charge in [0.15, 0.2) is 11.6 Å². The summed E-state index contributed by atoms with van der Waals surface area (Å²) in [5, 5.41) is 3.21. The smallest absolute Gasteiger partial charge is 0.206 e. The Labute approximate surface area is 111 Å². The quantitative estimate of drug-likeness (QED) is 0.339. The van der Waals surface area contributed by atoms with Crippen molar-refractivity contribution in [1.82, 2.24) is 10.7 Å². The van der Waals surface area contributed by atoms with Gasteiger partial charge in [0.2, 0.25) is 5.96 Å². The minimum atomic E-state index is -0.862. The van der Waals surface area contributed by atoms with Crippen LogP contribution in [0.1, 0.15) is 31.2 Å². The second-order valence-corrected chi connectivity index (χ2v) is 4.68. The molecule has 0 atom stereocenters. The third-order valence-corrected chi connectivity index (χ3v) is 3.24. The van der Waals surface area contributed by atoms with E-state index in [1.807, 2.05) is 0 Å². The van der Waals surface area contributed by atoms with Crippen molar-refractivity contribution in [2.24, 2.45) is 10.8 Å². The SMILES string of the molecule is NNC(=NCc1ccc(F)c(F)c1)NC1CCCC1. The number of nitrogens with zero attached hydrogens (tertiary/aromatic N) is 1. The molecule has 2 rings (SSSR count).